The van der Waals surface area contributed by atoms with Gasteiger partial charge in [-0.05, 0) is 36.7 Å². The van der Waals surface area contributed by atoms with Crippen LogP contribution in [0.4, 0.5) is 0 Å². The van der Waals surface area contributed by atoms with Crippen molar-refractivity contribution in [1.82, 2.24) is 14.5 Å². The average molecular weight is 294 g/mol. The summed E-state index contributed by atoms with van der Waals surface area (Å²) in [5.41, 5.74) is 6.49. The lowest BCUT2D eigenvalue weighted by Crippen LogP contribution is -2.27. The Morgan fingerprint density at radius 3 is 2.60 bits per heavy atom. The monoisotopic (exact) mass is 294 g/mol. The number of nitrogens with two attached hydrogens (primary N) is 1. The molecule has 1 aromatic carbocycles. The van der Waals surface area contributed by atoms with Crippen molar-refractivity contribution in [3.8, 4) is 0 Å². The maximum Gasteiger partial charge on any atom is 0.240 e. The van der Waals surface area contributed by atoms with Crippen molar-refractivity contribution in [3.05, 3.63) is 48.3 Å². The van der Waals surface area contributed by atoms with Gasteiger partial charge in [-0.3, -0.25) is 4.68 Å². The summed E-state index contributed by atoms with van der Waals surface area (Å²) in [5.74, 6) is 0. The molecule has 2 aromatic rings. The van der Waals surface area contributed by atoms with Crippen LogP contribution in [-0.2, 0) is 23.0 Å². The normalized spacial score (nSPS) is 11.7. The molecule has 0 aliphatic heterocycles. The van der Waals surface area contributed by atoms with E-state index in [0.717, 1.165) is 12.0 Å². The Bertz CT molecular complexity index is 621. The quantitative estimate of drug-likeness (QED) is 0.771. The van der Waals surface area contributed by atoms with Crippen LogP contribution in [0.5, 0.6) is 0 Å². The molecule has 2 rings (SSSR count). The minimum Gasteiger partial charge on any atom is -0.330 e. The zero-order valence-electron chi connectivity index (χ0n) is 11.1. The average Bonchev–Trinajstić information content (AvgIpc) is 2.93. The molecule has 0 aliphatic rings. The molecule has 0 amide bonds. The first-order chi connectivity index (χ1) is 9.62. The molecule has 0 saturated heterocycles. The predicted molar refractivity (Wildman–Crippen MR) is 76.6 cm³/mol. The van der Waals surface area contributed by atoms with Crippen LogP contribution >= 0.6 is 0 Å². The van der Waals surface area contributed by atoms with Crippen molar-refractivity contribution < 1.29 is 8.42 Å². The molecular formula is C13H18N4O2S. The molecule has 108 valence electrons. The Balaban J connectivity index is 1.95. The Kier molecular flexibility index (Phi) is 4.89. The summed E-state index contributed by atoms with van der Waals surface area (Å²) in [4.78, 5) is 0.263. The molecule has 0 saturated carbocycles. The molecule has 0 aliphatic carbocycles. The summed E-state index contributed by atoms with van der Waals surface area (Å²) in [5, 5.41) is 4.01. The third-order valence-corrected chi connectivity index (χ3v) is 4.34. The Morgan fingerprint density at radius 2 is 2.00 bits per heavy atom. The first-order valence-electron chi connectivity index (χ1n) is 6.38. The van der Waals surface area contributed by atoms with Gasteiger partial charge in [0, 0.05) is 18.9 Å². The van der Waals surface area contributed by atoms with E-state index in [0.29, 0.717) is 19.6 Å². The minimum atomic E-state index is -3.47. The summed E-state index contributed by atoms with van der Waals surface area (Å²) >= 11 is 0. The number of nitrogens with zero attached hydrogens (tertiary/aromatic N) is 2. The third-order valence-electron chi connectivity index (χ3n) is 2.86. The fourth-order valence-corrected chi connectivity index (χ4v) is 2.83. The highest BCUT2D eigenvalue weighted by molar-refractivity contribution is 7.89. The van der Waals surface area contributed by atoms with Crippen molar-refractivity contribution in [3.63, 3.8) is 0 Å². The molecule has 0 fully saturated rings. The summed E-state index contributed by atoms with van der Waals surface area (Å²) in [6.07, 6.45) is 4.19. The van der Waals surface area contributed by atoms with Gasteiger partial charge >= 0.3 is 0 Å². The lowest BCUT2D eigenvalue weighted by molar-refractivity contribution is 0.561. The van der Waals surface area contributed by atoms with Crippen molar-refractivity contribution in [2.45, 2.75) is 17.9 Å². The number of benzene rings is 1. The standard InChI is InChI=1S/C13H18N4O2S/c14-7-6-12-2-4-13(5-3-12)20(18,19)16-9-11-17-10-1-8-15-17/h1-5,8,10,16H,6-7,9,11,14H2. The second-order valence-electron chi connectivity index (χ2n) is 4.35. The molecular weight excluding hydrogens is 276 g/mol. The maximum atomic E-state index is 12.1. The SMILES string of the molecule is NCCc1ccc(S(=O)(=O)NCCn2cccn2)cc1. The topological polar surface area (TPSA) is 90.0 Å². The van der Waals surface area contributed by atoms with Crippen molar-refractivity contribution in [2.75, 3.05) is 13.1 Å². The van der Waals surface area contributed by atoms with Crippen LogP contribution in [0.3, 0.4) is 0 Å². The Morgan fingerprint density at radius 1 is 1.25 bits per heavy atom. The van der Waals surface area contributed by atoms with Gasteiger partial charge in [-0.25, -0.2) is 13.1 Å². The number of aromatic nitrogens is 2. The van der Waals surface area contributed by atoms with E-state index < -0.39 is 10.0 Å². The van der Waals surface area contributed by atoms with E-state index in [1.165, 1.54) is 0 Å². The number of hydrogen-bond acceptors (Lipinski definition) is 4. The summed E-state index contributed by atoms with van der Waals surface area (Å²) in [6, 6.07) is 8.57. The second kappa shape index (κ2) is 6.65. The van der Waals surface area contributed by atoms with E-state index in [2.05, 4.69) is 9.82 Å². The first-order valence-corrected chi connectivity index (χ1v) is 7.86. The predicted octanol–water partition coefficient (Wildman–Crippen LogP) is 0.363. The van der Waals surface area contributed by atoms with Gasteiger partial charge < -0.3 is 5.73 Å². The highest BCUT2D eigenvalue weighted by Gasteiger charge is 2.12. The largest absolute Gasteiger partial charge is 0.330 e. The Hall–Kier alpha value is -1.70. The fourth-order valence-electron chi connectivity index (χ4n) is 1.81. The van der Waals surface area contributed by atoms with Crippen molar-refractivity contribution in [1.29, 1.82) is 0 Å². The number of sulfonamides is 1. The second-order valence-corrected chi connectivity index (χ2v) is 6.12. The van der Waals surface area contributed by atoms with Gasteiger partial charge in [-0.1, -0.05) is 12.1 Å². The van der Waals surface area contributed by atoms with Gasteiger partial charge in [0.2, 0.25) is 10.0 Å². The molecule has 20 heavy (non-hydrogen) atoms. The Labute approximate surface area is 118 Å². The van der Waals surface area contributed by atoms with E-state index in [1.807, 2.05) is 0 Å². The van der Waals surface area contributed by atoms with Crippen LogP contribution in [0.25, 0.3) is 0 Å². The lowest BCUT2D eigenvalue weighted by atomic mass is 10.2. The van der Waals surface area contributed by atoms with Crippen LogP contribution in [0.1, 0.15) is 5.56 Å². The van der Waals surface area contributed by atoms with E-state index in [4.69, 9.17) is 5.73 Å². The van der Waals surface area contributed by atoms with E-state index in [-0.39, 0.29) is 4.90 Å². The van der Waals surface area contributed by atoms with E-state index in [1.54, 1.807) is 47.4 Å². The number of rotatable bonds is 7. The van der Waals surface area contributed by atoms with Crippen molar-refractivity contribution >= 4 is 10.0 Å². The van der Waals surface area contributed by atoms with Gasteiger partial charge in [0.1, 0.15) is 0 Å². The zero-order valence-corrected chi connectivity index (χ0v) is 11.9. The smallest absolute Gasteiger partial charge is 0.240 e. The summed E-state index contributed by atoms with van der Waals surface area (Å²) in [7, 11) is -3.47. The maximum absolute atomic E-state index is 12.1. The molecule has 1 aromatic heterocycles. The van der Waals surface area contributed by atoms with Crippen LogP contribution in [0.15, 0.2) is 47.6 Å². The van der Waals surface area contributed by atoms with Gasteiger partial charge in [0.05, 0.1) is 11.4 Å². The molecule has 0 unspecified atom stereocenters. The molecule has 6 nitrogen and oxygen atoms in total. The highest BCUT2D eigenvalue weighted by Crippen LogP contribution is 2.10. The molecule has 0 bridgehead atoms. The van der Waals surface area contributed by atoms with E-state index in [9.17, 15) is 8.42 Å². The van der Waals surface area contributed by atoms with Crippen LogP contribution < -0.4 is 10.5 Å². The zero-order chi connectivity index (χ0) is 14.4. The molecule has 0 radical (unpaired) electrons. The fraction of sp³-hybridized carbons (Fsp3) is 0.308. The molecule has 0 atom stereocenters. The van der Waals surface area contributed by atoms with Crippen LogP contribution in [0, 0.1) is 0 Å². The highest BCUT2D eigenvalue weighted by atomic mass is 32.2. The van der Waals surface area contributed by atoms with Gasteiger partial charge in [0.25, 0.3) is 0 Å². The van der Waals surface area contributed by atoms with Crippen LogP contribution in [0.2, 0.25) is 0 Å². The molecule has 7 heteroatoms. The van der Waals surface area contributed by atoms with Gasteiger partial charge in [-0.2, -0.15) is 5.10 Å². The number of hydrogen-bond donors (Lipinski definition) is 2. The van der Waals surface area contributed by atoms with E-state index >= 15 is 0 Å². The summed E-state index contributed by atoms with van der Waals surface area (Å²) < 4.78 is 28.4. The first kappa shape index (κ1) is 14.7. The number of nitrogens with one attached hydrogen (secondary N) is 1. The minimum absolute atomic E-state index is 0.263. The molecule has 3 N–H and O–H groups in total. The lowest BCUT2D eigenvalue weighted by Gasteiger charge is -2.07. The third kappa shape index (κ3) is 3.89. The van der Waals surface area contributed by atoms with Crippen molar-refractivity contribution in [2.24, 2.45) is 5.73 Å². The van der Waals surface area contributed by atoms with Crippen LogP contribution in [-0.4, -0.2) is 31.3 Å². The molecule has 0 spiro atoms. The van der Waals surface area contributed by atoms with Gasteiger partial charge in [-0.15, -0.1) is 0 Å². The van der Waals surface area contributed by atoms with Gasteiger partial charge in [0.15, 0.2) is 0 Å². The summed E-state index contributed by atoms with van der Waals surface area (Å²) in [6.45, 7) is 1.35. The molecule has 1 heterocycles.